The number of carbonyl (C=O) groups excluding carboxylic acids is 1. The van der Waals surface area contributed by atoms with Crippen molar-refractivity contribution in [2.24, 2.45) is 0 Å². The third-order valence-corrected chi connectivity index (χ3v) is 3.12. The van der Waals surface area contributed by atoms with Gasteiger partial charge in [-0.1, -0.05) is 30.2 Å². The van der Waals surface area contributed by atoms with Crippen molar-refractivity contribution < 1.29 is 4.79 Å². The molecule has 0 aliphatic carbocycles. The molecular weight excluding hydrogens is 302 g/mol. The summed E-state index contributed by atoms with van der Waals surface area (Å²) in [5.74, 6) is 5.06. The molecule has 0 saturated carbocycles. The van der Waals surface area contributed by atoms with E-state index < -0.39 is 0 Å². The number of hydrogen-bond acceptors (Lipinski definition) is 1. The lowest BCUT2D eigenvalue weighted by atomic mass is 10.2. The molecule has 0 saturated heterocycles. The second-order valence-electron chi connectivity index (χ2n) is 4.05. The van der Waals surface area contributed by atoms with E-state index in [2.05, 4.69) is 33.1 Å². The van der Waals surface area contributed by atoms with Gasteiger partial charge in [-0.05, 0) is 52.7 Å². The van der Waals surface area contributed by atoms with E-state index in [4.69, 9.17) is 0 Å². The summed E-state index contributed by atoms with van der Waals surface area (Å²) in [5.41, 5.74) is 2.67. The Balaban J connectivity index is 2.08. The molecule has 0 fully saturated rings. The molecule has 0 bridgehead atoms. The van der Waals surface area contributed by atoms with Crippen LogP contribution in [0.5, 0.6) is 0 Å². The van der Waals surface area contributed by atoms with Gasteiger partial charge < -0.3 is 5.32 Å². The number of aryl methyl sites for hydroxylation is 1. The van der Waals surface area contributed by atoms with Crippen molar-refractivity contribution in [2.75, 3.05) is 5.32 Å². The molecule has 0 spiro atoms. The van der Waals surface area contributed by atoms with E-state index in [-0.39, 0.29) is 5.91 Å². The highest BCUT2D eigenvalue weighted by Crippen LogP contribution is 2.23. The Hall–Kier alpha value is -2.05. The first-order valence-corrected chi connectivity index (χ1v) is 6.58. The summed E-state index contributed by atoms with van der Waals surface area (Å²) in [6.45, 7) is 1.99. The predicted octanol–water partition coefficient (Wildman–Crippen LogP) is 3.75. The molecule has 0 aliphatic rings. The van der Waals surface area contributed by atoms with E-state index in [9.17, 15) is 4.79 Å². The van der Waals surface area contributed by atoms with Gasteiger partial charge in [-0.2, -0.15) is 0 Å². The molecule has 0 aliphatic heterocycles. The Morgan fingerprint density at radius 1 is 1.16 bits per heavy atom. The van der Waals surface area contributed by atoms with Crippen molar-refractivity contribution in [2.45, 2.75) is 6.92 Å². The average molecular weight is 314 g/mol. The number of anilines is 1. The minimum atomic E-state index is -0.326. The van der Waals surface area contributed by atoms with Crippen LogP contribution in [-0.2, 0) is 4.79 Å². The zero-order valence-corrected chi connectivity index (χ0v) is 12.0. The Bertz CT molecular complexity index is 653. The van der Waals surface area contributed by atoms with Crippen molar-refractivity contribution >= 4 is 27.5 Å². The molecule has 1 amide bonds. The van der Waals surface area contributed by atoms with Crippen molar-refractivity contribution in [1.82, 2.24) is 0 Å². The van der Waals surface area contributed by atoms with Gasteiger partial charge in [0, 0.05) is 16.0 Å². The SMILES string of the molecule is Cc1ccc(NC(=O)C#Cc2ccccc2)c(Br)c1. The molecule has 2 aromatic carbocycles. The summed E-state index contributed by atoms with van der Waals surface area (Å²) < 4.78 is 0.849. The molecule has 2 aromatic rings. The molecule has 0 atom stereocenters. The third-order valence-electron chi connectivity index (χ3n) is 2.47. The zero-order chi connectivity index (χ0) is 13.7. The van der Waals surface area contributed by atoms with E-state index in [1.807, 2.05) is 55.5 Å². The number of hydrogen-bond donors (Lipinski definition) is 1. The first kappa shape index (κ1) is 13.4. The quantitative estimate of drug-likeness (QED) is 0.798. The molecule has 0 unspecified atom stereocenters. The van der Waals surface area contributed by atoms with E-state index in [0.29, 0.717) is 0 Å². The maximum atomic E-state index is 11.7. The van der Waals surface area contributed by atoms with Crippen LogP contribution in [0, 0.1) is 18.8 Å². The molecule has 19 heavy (non-hydrogen) atoms. The molecule has 1 N–H and O–H groups in total. The Kier molecular flexibility index (Phi) is 4.38. The van der Waals surface area contributed by atoms with Crippen molar-refractivity contribution in [3.8, 4) is 11.8 Å². The fraction of sp³-hybridized carbons (Fsp3) is 0.0625. The number of halogens is 1. The summed E-state index contributed by atoms with van der Waals surface area (Å²) in [6.07, 6.45) is 0. The zero-order valence-electron chi connectivity index (χ0n) is 10.4. The lowest BCUT2D eigenvalue weighted by Gasteiger charge is -2.04. The fourth-order valence-corrected chi connectivity index (χ4v) is 2.12. The highest BCUT2D eigenvalue weighted by Gasteiger charge is 2.02. The van der Waals surface area contributed by atoms with Gasteiger partial charge >= 0.3 is 5.91 Å². The number of carbonyl (C=O) groups is 1. The lowest BCUT2D eigenvalue weighted by molar-refractivity contribution is -0.111. The summed E-state index contributed by atoms with van der Waals surface area (Å²) >= 11 is 3.41. The smallest absolute Gasteiger partial charge is 0.300 e. The number of benzene rings is 2. The molecule has 0 radical (unpaired) electrons. The highest BCUT2D eigenvalue weighted by atomic mass is 79.9. The van der Waals surface area contributed by atoms with Crippen LogP contribution in [-0.4, -0.2) is 5.91 Å². The van der Waals surface area contributed by atoms with Gasteiger partial charge in [0.2, 0.25) is 0 Å². The van der Waals surface area contributed by atoms with Gasteiger partial charge in [-0.15, -0.1) is 0 Å². The minimum Gasteiger partial charge on any atom is -0.314 e. The van der Waals surface area contributed by atoms with Crippen LogP contribution in [0.3, 0.4) is 0 Å². The normalized spacial score (nSPS) is 9.37. The second-order valence-corrected chi connectivity index (χ2v) is 4.91. The highest BCUT2D eigenvalue weighted by molar-refractivity contribution is 9.10. The Labute approximate surface area is 121 Å². The van der Waals surface area contributed by atoms with E-state index in [1.54, 1.807) is 0 Å². The van der Waals surface area contributed by atoms with Crippen molar-refractivity contribution in [3.05, 3.63) is 64.1 Å². The monoisotopic (exact) mass is 313 g/mol. The molecule has 3 heteroatoms. The number of amides is 1. The average Bonchev–Trinajstić information content (AvgIpc) is 2.41. The molecule has 2 nitrogen and oxygen atoms in total. The van der Waals surface area contributed by atoms with Crippen LogP contribution in [0.15, 0.2) is 53.0 Å². The summed E-state index contributed by atoms with van der Waals surface area (Å²) in [7, 11) is 0. The van der Waals surface area contributed by atoms with Crippen LogP contribution >= 0.6 is 15.9 Å². The number of rotatable bonds is 1. The van der Waals surface area contributed by atoms with Crippen molar-refractivity contribution in [3.63, 3.8) is 0 Å². The van der Waals surface area contributed by atoms with Gasteiger partial charge in [0.15, 0.2) is 0 Å². The Morgan fingerprint density at radius 2 is 1.89 bits per heavy atom. The van der Waals surface area contributed by atoms with Crippen LogP contribution in [0.2, 0.25) is 0 Å². The summed E-state index contributed by atoms with van der Waals surface area (Å²) in [5, 5.41) is 2.75. The first-order valence-electron chi connectivity index (χ1n) is 5.79. The van der Waals surface area contributed by atoms with Crippen LogP contribution in [0.25, 0.3) is 0 Å². The maximum absolute atomic E-state index is 11.7. The van der Waals surface area contributed by atoms with E-state index in [1.165, 1.54) is 0 Å². The first-order chi connectivity index (χ1) is 9.15. The van der Waals surface area contributed by atoms with Crippen molar-refractivity contribution in [1.29, 1.82) is 0 Å². The Morgan fingerprint density at radius 3 is 2.58 bits per heavy atom. The van der Waals surface area contributed by atoms with Gasteiger partial charge in [0.1, 0.15) is 0 Å². The molecule has 0 heterocycles. The topological polar surface area (TPSA) is 29.1 Å². The lowest BCUT2D eigenvalue weighted by Crippen LogP contribution is -2.09. The van der Waals surface area contributed by atoms with Crippen LogP contribution < -0.4 is 5.32 Å². The molecule has 94 valence electrons. The largest absolute Gasteiger partial charge is 0.314 e. The number of nitrogens with one attached hydrogen (secondary N) is 1. The molecule has 2 rings (SSSR count). The minimum absolute atomic E-state index is 0.326. The van der Waals surface area contributed by atoms with Crippen LogP contribution in [0.1, 0.15) is 11.1 Å². The van der Waals surface area contributed by atoms with Gasteiger partial charge in [-0.3, -0.25) is 4.79 Å². The van der Waals surface area contributed by atoms with Gasteiger partial charge in [0.25, 0.3) is 0 Å². The van der Waals surface area contributed by atoms with E-state index >= 15 is 0 Å². The predicted molar refractivity (Wildman–Crippen MR) is 80.8 cm³/mol. The third kappa shape index (κ3) is 3.97. The summed E-state index contributed by atoms with van der Waals surface area (Å²) in [4.78, 5) is 11.7. The van der Waals surface area contributed by atoms with Gasteiger partial charge in [0.05, 0.1) is 5.69 Å². The standard InChI is InChI=1S/C16H12BrNO/c1-12-7-9-15(14(17)11-12)18-16(19)10-8-13-5-3-2-4-6-13/h2-7,9,11H,1H3,(H,18,19). The van der Waals surface area contributed by atoms with Gasteiger partial charge in [-0.25, -0.2) is 0 Å². The van der Waals surface area contributed by atoms with Crippen LogP contribution in [0.4, 0.5) is 5.69 Å². The van der Waals surface area contributed by atoms with E-state index in [0.717, 1.165) is 21.3 Å². The fourth-order valence-electron chi connectivity index (χ4n) is 1.53. The summed E-state index contributed by atoms with van der Waals surface area (Å²) in [6, 6.07) is 15.1. The molecule has 0 aromatic heterocycles. The molecular formula is C16H12BrNO. The maximum Gasteiger partial charge on any atom is 0.300 e. The second kappa shape index (κ2) is 6.21.